The van der Waals surface area contributed by atoms with Gasteiger partial charge in [0.2, 0.25) is 5.88 Å². The molecule has 1 aliphatic rings. The normalized spacial score (nSPS) is 16.0. The van der Waals surface area contributed by atoms with Gasteiger partial charge in [0.15, 0.2) is 0 Å². The zero-order valence-corrected chi connectivity index (χ0v) is 14.4. The molecule has 6 heteroatoms. The lowest BCUT2D eigenvalue weighted by Gasteiger charge is -2.27. The Bertz CT molecular complexity index is 950. The van der Waals surface area contributed by atoms with Crippen molar-refractivity contribution in [3.8, 4) is 17.6 Å². The van der Waals surface area contributed by atoms with Crippen LogP contribution in [-0.4, -0.2) is 11.7 Å². The Morgan fingerprint density at radius 2 is 2.04 bits per heavy atom. The number of aryl methyl sites for hydroxylation is 1. The molecule has 0 amide bonds. The summed E-state index contributed by atoms with van der Waals surface area (Å²) in [6, 6.07) is 11.1. The molecular weight excluding hydrogens is 318 g/mol. The molecule has 1 aromatic heterocycles. The van der Waals surface area contributed by atoms with Gasteiger partial charge in [0.05, 0.1) is 18.6 Å². The molecule has 0 radical (unpaired) electrons. The molecule has 0 aliphatic carbocycles. The van der Waals surface area contributed by atoms with Crippen molar-refractivity contribution in [1.29, 1.82) is 5.26 Å². The molecule has 2 aromatic rings. The van der Waals surface area contributed by atoms with Crippen LogP contribution in [0.3, 0.4) is 0 Å². The molecule has 1 aromatic carbocycles. The molecule has 2 N–H and O–H groups in total. The maximum absolute atomic E-state index is 13.0. The highest BCUT2D eigenvalue weighted by atomic mass is 16.5. The summed E-state index contributed by atoms with van der Waals surface area (Å²) in [4.78, 5) is 13.0. The van der Waals surface area contributed by atoms with E-state index in [4.69, 9.17) is 15.2 Å². The molecule has 128 valence electrons. The Hall–Kier alpha value is -3.20. The van der Waals surface area contributed by atoms with Gasteiger partial charge in [0.1, 0.15) is 23.1 Å². The fourth-order valence-corrected chi connectivity index (χ4v) is 3.21. The average Bonchev–Trinajstić information content (AvgIpc) is 2.61. The molecule has 0 bridgehead atoms. The molecular formula is C19H19N3O3. The zero-order valence-electron chi connectivity index (χ0n) is 14.4. The molecule has 3 rings (SSSR count). The maximum atomic E-state index is 13.0. The van der Waals surface area contributed by atoms with Gasteiger partial charge in [-0.1, -0.05) is 12.1 Å². The van der Waals surface area contributed by atoms with Gasteiger partial charge in [-0.25, -0.2) is 0 Å². The minimum Gasteiger partial charge on any atom is -0.497 e. The summed E-state index contributed by atoms with van der Waals surface area (Å²) in [6.45, 7) is 4.28. The topological polar surface area (TPSA) is 90.3 Å². The summed E-state index contributed by atoms with van der Waals surface area (Å²) in [5, 5.41) is 9.59. The first-order valence-corrected chi connectivity index (χ1v) is 7.97. The number of hydrogen-bond acceptors (Lipinski definition) is 5. The smallest absolute Gasteiger partial charge is 0.258 e. The predicted molar refractivity (Wildman–Crippen MR) is 93.4 cm³/mol. The quantitative estimate of drug-likeness (QED) is 0.929. The maximum Gasteiger partial charge on any atom is 0.258 e. The zero-order chi connectivity index (χ0) is 18.1. The van der Waals surface area contributed by atoms with Crippen molar-refractivity contribution in [3.63, 3.8) is 0 Å². The molecule has 0 saturated carbocycles. The number of nitriles is 1. The van der Waals surface area contributed by atoms with Crippen LogP contribution in [0.5, 0.6) is 11.5 Å². The van der Waals surface area contributed by atoms with Crippen LogP contribution in [0.15, 0.2) is 46.6 Å². The predicted octanol–water partition coefficient (Wildman–Crippen LogP) is 2.40. The number of ether oxygens (including phenoxy) is 2. The number of benzene rings is 1. The van der Waals surface area contributed by atoms with Crippen LogP contribution in [0.1, 0.15) is 29.7 Å². The molecule has 0 fully saturated rings. The van der Waals surface area contributed by atoms with Gasteiger partial charge < -0.3 is 19.8 Å². The van der Waals surface area contributed by atoms with E-state index in [2.05, 4.69) is 6.07 Å². The second-order valence-electron chi connectivity index (χ2n) is 5.81. The second kappa shape index (κ2) is 6.36. The Balaban J connectivity index is 2.29. The van der Waals surface area contributed by atoms with Gasteiger partial charge in [0, 0.05) is 18.3 Å². The van der Waals surface area contributed by atoms with E-state index in [1.54, 1.807) is 29.9 Å². The van der Waals surface area contributed by atoms with Crippen molar-refractivity contribution < 1.29 is 9.47 Å². The van der Waals surface area contributed by atoms with E-state index in [1.165, 1.54) is 0 Å². The van der Waals surface area contributed by atoms with Crippen LogP contribution in [0.4, 0.5) is 0 Å². The van der Waals surface area contributed by atoms with Crippen LogP contribution >= 0.6 is 0 Å². The number of fused-ring (bicyclic) bond motifs is 1. The lowest BCUT2D eigenvalue weighted by molar-refractivity contribution is 0.388. The first kappa shape index (κ1) is 16.7. The lowest BCUT2D eigenvalue weighted by Crippen LogP contribution is -2.32. The van der Waals surface area contributed by atoms with Crippen LogP contribution in [-0.2, 0) is 6.54 Å². The number of methoxy groups -OCH3 is 1. The SMILES string of the molecule is CCn1c(C)cc2c(c1=O)[C@H](c1ccc(OC)cc1)C(C#N)=C(N)O2. The van der Waals surface area contributed by atoms with Crippen molar-refractivity contribution in [2.45, 2.75) is 26.3 Å². The number of rotatable bonds is 3. The molecule has 6 nitrogen and oxygen atoms in total. The molecule has 0 unspecified atom stereocenters. The number of aromatic nitrogens is 1. The van der Waals surface area contributed by atoms with E-state index in [0.29, 0.717) is 23.6 Å². The van der Waals surface area contributed by atoms with Gasteiger partial charge in [-0.15, -0.1) is 0 Å². The molecule has 0 spiro atoms. The van der Waals surface area contributed by atoms with E-state index in [1.807, 2.05) is 26.0 Å². The lowest BCUT2D eigenvalue weighted by atomic mass is 9.84. The molecule has 0 saturated heterocycles. The number of hydrogen-bond donors (Lipinski definition) is 1. The second-order valence-corrected chi connectivity index (χ2v) is 5.81. The number of allylic oxidation sites excluding steroid dienone is 1. The third-order valence-corrected chi connectivity index (χ3v) is 4.46. The highest BCUT2D eigenvalue weighted by Gasteiger charge is 2.34. The molecule has 25 heavy (non-hydrogen) atoms. The summed E-state index contributed by atoms with van der Waals surface area (Å²) in [7, 11) is 1.58. The van der Waals surface area contributed by atoms with E-state index in [9.17, 15) is 10.1 Å². The van der Waals surface area contributed by atoms with Gasteiger partial charge in [0.25, 0.3) is 5.56 Å². The van der Waals surface area contributed by atoms with Crippen molar-refractivity contribution in [3.05, 3.63) is 69.0 Å². The van der Waals surface area contributed by atoms with Gasteiger partial charge in [-0.3, -0.25) is 4.79 Å². The van der Waals surface area contributed by atoms with Gasteiger partial charge >= 0.3 is 0 Å². The van der Waals surface area contributed by atoms with Crippen LogP contribution in [0.25, 0.3) is 0 Å². The third-order valence-electron chi connectivity index (χ3n) is 4.46. The highest BCUT2D eigenvalue weighted by Crippen LogP contribution is 2.40. The highest BCUT2D eigenvalue weighted by molar-refractivity contribution is 5.55. The Morgan fingerprint density at radius 3 is 2.60 bits per heavy atom. The Labute approximate surface area is 145 Å². The number of pyridine rings is 1. The minimum absolute atomic E-state index is 0.0314. The first-order valence-electron chi connectivity index (χ1n) is 7.97. The summed E-state index contributed by atoms with van der Waals surface area (Å²) in [6.07, 6.45) is 0. The Morgan fingerprint density at radius 1 is 1.36 bits per heavy atom. The average molecular weight is 337 g/mol. The van der Waals surface area contributed by atoms with Crippen molar-refractivity contribution in [1.82, 2.24) is 4.57 Å². The van der Waals surface area contributed by atoms with Crippen LogP contribution in [0.2, 0.25) is 0 Å². The van der Waals surface area contributed by atoms with Crippen LogP contribution in [0, 0.1) is 18.3 Å². The van der Waals surface area contributed by atoms with Crippen molar-refractivity contribution >= 4 is 0 Å². The first-order chi connectivity index (χ1) is 12.0. The largest absolute Gasteiger partial charge is 0.497 e. The Kier molecular flexibility index (Phi) is 4.24. The van der Waals surface area contributed by atoms with E-state index in [0.717, 1.165) is 11.3 Å². The van der Waals surface area contributed by atoms with Crippen LogP contribution < -0.4 is 20.8 Å². The third kappa shape index (κ3) is 2.64. The summed E-state index contributed by atoms with van der Waals surface area (Å²) in [5.41, 5.74) is 8.03. The summed E-state index contributed by atoms with van der Waals surface area (Å²) >= 11 is 0. The fourth-order valence-electron chi connectivity index (χ4n) is 3.21. The fraction of sp³-hybridized carbons (Fsp3) is 0.263. The van der Waals surface area contributed by atoms with E-state index < -0.39 is 5.92 Å². The van der Waals surface area contributed by atoms with Gasteiger partial charge in [-0.05, 0) is 31.5 Å². The van der Waals surface area contributed by atoms with E-state index >= 15 is 0 Å². The standard InChI is InChI=1S/C19H19N3O3/c1-4-22-11(2)9-15-17(19(22)23)16(14(10-20)18(21)25-15)12-5-7-13(24-3)8-6-12/h5-9,16H,4,21H2,1-3H3/t16-/m1/s1. The summed E-state index contributed by atoms with van der Waals surface area (Å²) in [5.74, 6) is 0.570. The van der Waals surface area contributed by atoms with E-state index in [-0.39, 0.29) is 17.0 Å². The van der Waals surface area contributed by atoms with Crippen molar-refractivity contribution in [2.24, 2.45) is 5.73 Å². The summed E-state index contributed by atoms with van der Waals surface area (Å²) < 4.78 is 12.4. The molecule has 1 atom stereocenters. The molecule has 1 aliphatic heterocycles. The number of nitrogens with two attached hydrogens (primary N) is 1. The van der Waals surface area contributed by atoms with Gasteiger partial charge in [-0.2, -0.15) is 5.26 Å². The number of nitrogens with zero attached hydrogens (tertiary/aromatic N) is 2. The molecule has 2 heterocycles. The van der Waals surface area contributed by atoms with Crippen molar-refractivity contribution in [2.75, 3.05) is 7.11 Å². The monoisotopic (exact) mass is 337 g/mol. The minimum atomic E-state index is -0.564.